The first-order valence-electron chi connectivity index (χ1n) is 10.5. The lowest BCUT2D eigenvalue weighted by Gasteiger charge is -2.08. The van der Waals surface area contributed by atoms with Crippen molar-refractivity contribution < 1.29 is 27.1 Å². The van der Waals surface area contributed by atoms with Gasteiger partial charge in [-0.1, -0.05) is 60.7 Å². The topological polar surface area (TPSA) is 50.4 Å². The van der Waals surface area contributed by atoms with E-state index in [9.17, 15) is 27.1 Å². The number of halogens is 5. The van der Waals surface area contributed by atoms with Gasteiger partial charge in [0, 0.05) is 30.2 Å². The Bertz CT molecular complexity index is 1520. The zero-order chi connectivity index (χ0) is 24.7. The summed E-state index contributed by atoms with van der Waals surface area (Å²) in [6, 6.07) is 18.4. The van der Waals surface area contributed by atoms with Crippen molar-refractivity contribution in [1.29, 1.82) is 0 Å². The smallest absolute Gasteiger partial charge is 0.219 e. The summed E-state index contributed by atoms with van der Waals surface area (Å²) in [6.07, 6.45) is 1.01. The highest BCUT2D eigenvalue weighted by Crippen LogP contribution is 2.31. The molecule has 5 rings (SSSR count). The van der Waals surface area contributed by atoms with Gasteiger partial charge < -0.3 is 5.11 Å². The summed E-state index contributed by atoms with van der Waals surface area (Å²) in [4.78, 5) is 8.97. The Morgan fingerprint density at radius 3 is 1.86 bits per heavy atom. The van der Waals surface area contributed by atoms with E-state index in [1.807, 2.05) is 60.7 Å². The molecule has 0 aliphatic heterocycles. The first-order chi connectivity index (χ1) is 16.8. The molecule has 0 spiro atoms. The van der Waals surface area contributed by atoms with Crippen LogP contribution in [0.1, 0.15) is 22.5 Å². The third-order valence-electron chi connectivity index (χ3n) is 5.65. The second-order valence-electron chi connectivity index (χ2n) is 7.90. The van der Waals surface area contributed by atoms with Crippen LogP contribution in [0.15, 0.2) is 66.9 Å². The molecule has 1 N–H and O–H groups in total. The average Bonchev–Trinajstić information content (AvgIpc) is 3.20. The Kier molecular flexibility index (Phi) is 5.68. The molecule has 0 amide bonds. The molecule has 0 aliphatic carbocycles. The fraction of sp³-hybridized carbons (Fsp3) is 0.0769. The minimum atomic E-state index is -2.25. The highest BCUT2D eigenvalue weighted by molar-refractivity contribution is 5.63. The van der Waals surface area contributed by atoms with E-state index >= 15 is 0 Å². The second kappa shape index (κ2) is 8.83. The van der Waals surface area contributed by atoms with Gasteiger partial charge in [-0.15, -0.1) is 0 Å². The maximum Gasteiger partial charge on any atom is 0.219 e. The molecule has 3 aromatic carbocycles. The van der Waals surface area contributed by atoms with Gasteiger partial charge in [-0.3, -0.25) is 4.40 Å². The number of aromatic nitrogens is 3. The maximum atomic E-state index is 14.3. The molecule has 2 heterocycles. The van der Waals surface area contributed by atoms with Crippen LogP contribution in [0.5, 0.6) is 5.88 Å². The van der Waals surface area contributed by atoms with Gasteiger partial charge in [-0.25, -0.2) is 31.9 Å². The lowest BCUT2D eigenvalue weighted by molar-refractivity contribution is 0.370. The van der Waals surface area contributed by atoms with E-state index < -0.39 is 47.0 Å². The number of nitrogens with zero attached hydrogens (tertiary/aromatic N) is 3. The van der Waals surface area contributed by atoms with Crippen LogP contribution in [0.4, 0.5) is 22.0 Å². The summed E-state index contributed by atoms with van der Waals surface area (Å²) in [7, 11) is 0. The molecule has 9 heteroatoms. The molecule has 0 radical (unpaired) electrons. The van der Waals surface area contributed by atoms with Gasteiger partial charge in [0.05, 0.1) is 11.4 Å². The lowest BCUT2D eigenvalue weighted by atomic mass is 10.1. The highest BCUT2D eigenvalue weighted by atomic mass is 19.2. The molecule has 0 aliphatic rings. The van der Waals surface area contributed by atoms with Crippen molar-refractivity contribution in [3.63, 3.8) is 0 Å². The molecule has 0 fully saturated rings. The molecule has 0 atom stereocenters. The van der Waals surface area contributed by atoms with Gasteiger partial charge >= 0.3 is 0 Å². The van der Waals surface area contributed by atoms with Gasteiger partial charge in [-0.2, -0.15) is 0 Å². The number of benzene rings is 3. The minimum absolute atomic E-state index is 0.199. The summed E-state index contributed by atoms with van der Waals surface area (Å²) in [5.74, 6) is -10.8. The van der Waals surface area contributed by atoms with Gasteiger partial charge in [0.15, 0.2) is 28.9 Å². The van der Waals surface area contributed by atoms with Crippen LogP contribution in [-0.4, -0.2) is 19.5 Å². The van der Waals surface area contributed by atoms with E-state index in [-0.39, 0.29) is 11.3 Å². The quantitative estimate of drug-likeness (QED) is 0.191. The number of fused-ring (bicyclic) bond motifs is 1. The van der Waals surface area contributed by atoms with Crippen LogP contribution in [0.25, 0.3) is 16.9 Å². The molecule has 2 aromatic heterocycles. The first-order valence-corrected chi connectivity index (χ1v) is 10.5. The van der Waals surface area contributed by atoms with E-state index in [0.29, 0.717) is 17.8 Å². The molecular formula is C26H16F5N3O. The number of hydrogen-bond donors (Lipinski definition) is 1. The van der Waals surface area contributed by atoms with E-state index in [0.717, 1.165) is 11.1 Å². The van der Waals surface area contributed by atoms with Crippen LogP contribution < -0.4 is 0 Å². The van der Waals surface area contributed by atoms with Gasteiger partial charge in [0.1, 0.15) is 5.69 Å². The Hall–Kier alpha value is -4.27. The number of aromatic hydroxyl groups is 1. The predicted molar refractivity (Wildman–Crippen MR) is 118 cm³/mol. The molecule has 4 nitrogen and oxygen atoms in total. The normalized spacial score (nSPS) is 11.3. The fourth-order valence-electron chi connectivity index (χ4n) is 3.89. The zero-order valence-corrected chi connectivity index (χ0v) is 17.9. The molecular weight excluding hydrogens is 465 g/mol. The van der Waals surface area contributed by atoms with Crippen molar-refractivity contribution in [2.45, 2.75) is 12.8 Å². The van der Waals surface area contributed by atoms with Crippen molar-refractivity contribution in [1.82, 2.24) is 14.4 Å². The Balaban J connectivity index is 1.68. The van der Waals surface area contributed by atoms with Crippen molar-refractivity contribution in [3.05, 3.63) is 118 Å². The molecule has 5 aromatic rings. The van der Waals surface area contributed by atoms with E-state index in [1.54, 1.807) is 0 Å². The van der Waals surface area contributed by atoms with E-state index in [4.69, 9.17) is 4.98 Å². The maximum absolute atomic E-state index is 14.3. The zero-order valence-electron chi connectivity index (χ0n) is 17.9. The average molecular weight is 481 g/mol. The molecule has 0 unspecified atom stereocenters. The monoisotopic (exact) mass is 481 g/mol. The summed E-state index contributed by atoms with van der Waals surface area (Å²) in [5.41, 5.74) is 1.46. The SMILES string of the molecule is Oc1c(Cc2c(F)c(F)c(F)c(F)c2F)nc2c(Cc3ccccc3)nc(-c3ccccc3)cn12. The van der Waals surface area contributed by atoms with E-state index in [1.165, 1.54) is 10.6 Å². The fourth-order valence-corrected chi connectivity index (χ4v) is 3.89. The number of rotatable bonds is 5. The third-order valence-corrected chi connectivity index (χ3v) is 5.65. The number of hydrogen-bond acceptors (Lipinski definition) is 3. The molecule has 0 saturated heterocycles. The summed E-state index contributed by atoms with van der Waals surface area (Å²) in [6.45, 7) is 0. The van der Waals surface area contributed by atoms with Crippen LogP contribution in [-0.2, 0) is 12.8 Å². The van der Waals surface area contributed by atoms with Crippen LogP contribution in [0, 0.1) is 29.1 Å². The Morgan fingerprint density at radius 2 is 1.23 bits per heavy atom. The standard InChI is InChI=1S/C26H16F5N3O/c27-20-16(21(28)23(30)24(31)22(20)29)12-18-26(35)34-13-19(15-9-5-2-6-10-15)32-17(25(34)33-18)11-14-7-3-1-4-8-14/h1-10,13,35H,11-12H2. The van der Waals surface area contributed by atoms with Crippen molar-refractivity contribution >= 4 is 5.65 Å². The molecule has 35 heavy (non-hydrogen) atoms. The highest BCUT2D eigenvalue weighted by Gasteiger charge is 2.28. The van der Waals surface area contributed by atoms with Crippen LogP contribution in [0.2, 0.25) is 0 Å². The van der Waals surface area contributed by atoms with Crippen molar-refractivity contribution in [2.75, 3.05) is 0 Å². The van der Waals surface area contributed by atoms with Crippen LogP contribution in [0.3, 0.4) is 0 Å². The van der Waals surface area contributed by atoms with Crippen molar-refractivity contribution in [3.8, 4) is 17.1 Å². The van der Waals surface area contributed by atoms with Gasteiger partial charge in [0.2, 0.25) is 11.7 Å². The largest absolute Gasteiger partial charge is 0.493 e. The summed E-state index contributed by atoms with van der Waals surface area (Å²) >= 11 is 0. The van der Waals surface area contributed by atoms with Crippen molar-refractivity contribution in [2.24, 2.45) is 0 Å². The Morgan fingerprint density at radius 1 is 0.657 bits per heavy atom. The first kappa shape index (κ1) is 22.5. The molecule has 0 bridgehead atoms. The Labute approximate surface area is 196 Å². The summed E-state index contributed by atoms with van der Waals surface area (Å²) < 4.78 is 70.7. The van der Waals surface area contributed by atoms with Gasteiger partial charge in [-0.05, 0) is 5.56 Å². The lowest BCUT2D eigenvalue weighted by Crippen LogP contribution is -2.08. The second-order valence-corrected chi connectivity index (χ2v) is 7.90. The van der Waals surface area contributed by atoms with Crippen LogP contribution >= 0.6 is 0 Å². The predicted octanol–water partition coefficient (Wildman–Crippen LogP) is 5.98. The summed E-state index contributed by atoms with van der Waals surface area (Å²) in [5, 5.41) is 10.9. The number of imidazole rings is 1. The van der Waals surface area contributed by atoms with E-state index in [2.05, 4.69) is 4.98 Å². The third kappa shape index (κ3) is 3.99. The van der Waals surface area contributed by atoms with Gasteiger partial charge in [0.25, 0.3) is 0 Å². The molecule has 176 valence electrons. The molecule has 0 saturated carbocycles. The minimum Gasteiger partial charge on any atom is -0.493 e.